The van der Waals surface area contributed by atoms with E-state index in [9.17, 15) is 4.79 Å². The first kappa shape index (κ1) is 10.7. The summed E-state index contributed by atoms with van der Waals surface area (Å²) in [6.45, 7) is 3.55. The molecule has 3 nitrogen and oxygen atoms in total. The fourth-order valence-electron chi connectivity index (χ4n) is 1.24. The van der Waals surface area contributed by atoms with E-state index in [1.807, 2.05) is 11.8 Å². The highest BCUT2D eigenvalue weighted by atomic mass is 35.5. The Balaban J connectivity index is 0.000001000. The molecule has 1 fully saturated rings. The molecule has 1 unspecified atom stereocenters. The average molecular weight is 179 g/mol. The lowest BCUT2D eigenvalue weighted by Crippen LogP contribution is -2.36. The number of nitrogens with two attached hydrogens (primary N) is 1. The van der Waals surface area contributed by atoms with Crippen molar-refractivity contribution < 1.29 is 4.79 Å². The Morgan fingerprint density at radius 2 is 2.36 bits per heavy atom. The minimum Gasteiger partial charge on any atom is -0.341 e. The van der Waals surface area contributed by atoms with E-state index in [4.69, 9.17) is 5.73 Å². The van der Waals surface area contributed by atoms with Crippen LogP contribution in [0, 0.1) is 0 Å². The molecule has 11 heavy (non-hydrogen) atoms. The summed E-state index contributed by atoms with van der Waals surface area (Å²) in [5, 5.41) is 0. The maximum atomic E-state index is 11.0. The average Bonchev–Trinajstić information content (AvgIpc) is 2.15. The number of carbonyl (C=O) groups excluding carboxylic acids is 1. The summed E-state index contributed by atoms with van der Waals surface area (Å²) in [6.07, 6.45) is 1.72. The van der Waals surface area contributed by atoms with Crippen molar-refractivity contribution in [2.24, 2.45) is 5.73 Å². The number of amides is 1. The van der Waals surface area contributed by atoms with Gasteiger partial charge in [-0.25, -0.2) is 0 Å². The Labute approximate surface area is 73.3 Å². The Kier molecular flexibility index (Phi) is 4.45. The summed E-state index contributed by atoms with van der Waals surface area (Å²) in [5.74, 6) is 0.261. The van der Waals surface area contributed by atoms with Gasteiger partial charge < -0.3 is 10.6 Å². The van der Waals surface area contributed by atoms with Crippen LogP contribution in [0.5, 0.6) is 0 Å². The van der Waals surface area contributed by atoms with Crippen LogP contribution in [-0.4, -0.2) is 29.9 Å². The summed E-state index contributed by atoms with van der Waals surface area (Å²) < 4.78 is 0. The molecule has 0 bridgehead atoms. The van der Waals surface area contributed by atoms with Crippen molar-refractivity contribution >= 4 is 18.3 Å². The second-order valence-electron chi connectivity index (χ2n) is 2.92. The van der Waals surface area contributed by atoms with E-state index in [-0.39, 0.29) is 24.4 Å². The van der Waals surface area contributed by atoms with Crippen molar-refractivity contribution in [3.05, 3.63) is 0 Å². The lowest BCUT2D eigenvalue weighted by atomic mass is 10.3. The first-order valence-corrected chi connectivity index (χ1v) is 3.73. The topological polar surface area (TPSA) is 46.3 Å². The molecule has 0 spiro atoms. The third-order valence-corrected chi connectivity index (χ3v) is 1.68. The van der Waals surface area contributed by atoms with Crippen molar-refractivity contribution in [3.63, 3.8) is 0 Å². The van der Waals surface area contributed by atoms with Crippen LogP contribution in [0.15, 0.2) is 0 Å². The maximum absolute atomic E-state index is 11.0. The van der Waals surface area contributed by atoms with Crippen LogP contribution >= 0.6 is 12.4 Å². The molecular formula is C7H15ClN2O. The number of hydrogen-bond donors (Lipinski definition) is 1. The fourth-order valence-corrected chi connectivity index (χ4v) is 1.24. The molecule has 1 saturated heterocycles. The molecule has 0 saturated carbocycles. The van der Waals surface area contributed by atoms with Gasteiger partial charge in [-0.15, -0.1) is 12.4 Å². The van der Waals surface area contributed by atoms with Gasteiger partial charge in [-0.05, 0) is 13.3 Å². The molecule has 0 aromatic rings. The summed E-state index contributed by atoms with van der Waals surface area (Å²) in [7, 11) is 0. The molecule has 1 aliphatic heterocycles. The Bertz CT molecular complexity index is 138. The van der Waals surface area contributed by atoms with E-state index in [0.717, 1.165) is 19.5 Å². The smallest absolute Gasteiger partial charge is 0.222 e. The van der Waals surface area contributed by atoms with Gasteiger partial charge in [-0.3, -0.25) is 4.79 Å². The molecule has 1 rings (SSSR count). The zero-order valence-electron chi connectivity index (χ0n) is 6.75. The normalized spacial score (nSPS) is 19.8. The van der Waals surface area contributed by atoms with Gasteiger partial charge in [0.1, 0.15) is 0 Å². The second-order valence-corrected chi connectivity index (χ2v) is 2.92. The fraction of sp³-hybridized carbons (Fsp3) is 0.857. The molecule has 0 radical (unpaired) electrons. The first-order valence-electron chi connectivity index (χ1n) is 3.73. The highest BCUT2D eigenvalue weighted by Crippen LogP contribution is 2.08. The molecule has 66 valence electrons. The van der Waals surface area contributed by atoms with Gasteiger partial charge in [-0.1, -0.05) is 0 Å². The second kappa shape index (κ2) is 4.57. The van der Waals surface area contributed by atoms with Crippen LogP contribution in [-0.2, 0) is 4.79 Å². The van der Waals surface area contributed by atoms with Crippen LogP contribution in [0.3, 0.4) is 0 Å². The van der Waals surface area contributed by atoms with Crippen molar-refractivity contribution in [2.45, 2.75) is 25.8 Å². The summed E-state index contributed by atoms with van der Waals surface area (Å²) in [6, 6.07) is 0.113. The molecule has 1 amide bonds. The molecular weight excluding hydrogens is 164 g/mol. The molecule has 4 heteroatoms. The number of halogens is 1. The minimum atomic E-state index is 0. The lowest BCUT2D eigenvalue weighted by Gasteiger charge is -2.17. The Morgan fingerprint density at radius 1 is 1.73 bits per heavy atom. The van der Waals surface area contributed by atoms with Gasteiger partial charge in [0, 0.05) is 25.6 Å². The van der Waals surface area contributed by atoms with Gasteiger partial charge in [0.05, 0.1) is 0 Å². The standard InChI is InChI=1S/C7H14N2O.ClH/c1-6(8)5-9-4-2-3-7(9)10;/h6H,2-5,8H2,1H3;1H. The summed E-state index contributed by atoms with van der Waals surface area (Å²) in [4.78, 5) is 12.8. The van der Waals surface area contributed by atoms with E-state index in [0.29, 0.717) is 6.42 Å². The van der Waals surface area contributed by atoms with Crippen molar-refractivity contribution in [1.29, 1.82) is 0 Å². The largest absolute Gasteiger partial charge is 0.341 e. The van der Waals surface area contributed by atoms with Gasteiger partial charge in [-0.2, -0.15) is 0 Å². The molecule has 0 aromatic heterocycles. The molecule has 1 heterocycles. The summed E-state index contributed by atoms with van der Waals surface area (Å²) >= 11 is 0. The monoisotopic (exact) mass is 178 g/mol. The van der Waals surface area contributed by atoms with E-state index in [1.54, 1.807) is 0 Å². The number of likely N-dealkylation sites (tertiary alicyclic amines) is 1. The number of nitrogens with zero attached hydrogens (tertiary/aromatic N) is 1. The third-order valence-electron chi connectivity index (χ3n) is 1.68. The quantitative estimate of drug-likeness (QED) is 0.665. The van der Waals surface area contributed by atoms with E-state index >= 15 is 0 Å². The molecule has 1 aliphatic rings. The first-order chi connectivity index (χ1) is 4.70. The van der Waals surface area contributed by atoms with Crippen LogP contribution in [0.4, 0.5) is 0 Å². The van der Waals surface area contributed by atoms with Crippen LogP contribution in [0.1, 0.15) is 19.8 Å². The van der Waals surface area contributed by atoms with Gasteiger partial charge in [0.25, 0.3) is 0 Å². The maximum Gasteiger partial charge on any atom is 0.222 e. The molecule has 1 atom stereocenters. The van der Waals surface area contributed by atoms with E-state index in [1.165, 1.54) is 0 Å². The highest BCUT2D eigenvalue weighted by Gasteiger charge is 2.20. The predicted molar refractivity (Wildman–Crippen MR) is 46.7 cm³/mol. The summed E-state index contributed by atoms with van der Waals surface area (Å²) in [5.41, 5.74) is 5.54. The molecule has 2 N–H and O–H groups in total. The van der Waals surface area contributed by atoms with Crippen molar-refractivity contribution in [2.75, 3.05) is 13.1 Å². The molecule has 0 aromatic carbocycles. The number of hydrogen-bond acceptors (Lipinski definition) is 2. The predicted octanol–water partition coefficient (Wildman–Crippen LogP) is 0.378. The minimum absolute atomic E-state index is 0. The number of rotatable bonds is 2. The highest BCUT2D eigenvalue weighted by molar-refractivity contribution is 5.85. The van der Waals surface area contributed by atoms with Crippen molar-refractivity contribution in [1.82, 2.24) is 4.90 Å². The zero-order valence-corrected chi connectivity index (χ0v) is 7.56. The Morgan fingerprint density at radius 3 is 2.73 bits per heavy atom. The van der Waals surface area contributed by atoms with Gasteiger partial charge >= 0.3 is 0 Å². The van der Waals surface area contributed by atoms with Crippen molar-refractivity contribution in [3.8, 4) is 0 Å². The number of carbonyl (C=O) groups is 1. The lowest BCUT2D eigenvalue weighted by molar-refractivity contribution is -0.127. The Hall–Kier alpha value is -0.280. The van der Waals surface area contributed by atoms with Gasteiger partial charge in [0.2, 0.25) is 5.91 Å². The van der Waals surface area contributed by atoms with E-state index < -0.39 is 0 Å². The SMILES string of the molecule is CC(N)CN1CCCC1=O.Cl. The van der Waals surface area contributed by atoms with E-state index in [2.05, 4.69) is 0 Å². The molecule has 0 aliphatic carbocycles. The van der Waals surface area contributed by atoms with Crippen LogP contribution in [0.2, 0.25) is 0 Å². The third kappa shape index (κ3) is 3.08. The zero-order chi connectivity index (χ0) is 7.56. The van der Waals surface area contributed by atoms with Crippen LogP contribution < -0.4 is 5.73 Å². The van der Waals surface area contributed by atoms with Crippen LogP contribution in [0.25, 0.3) is 0 Å². The van der Waals surface area contributed by atoms with Gasteiger partial charge in [0.15, 0.2) is 0 Å².